The fourth-order valence-electron chi connectivity index (χ4n) is 3.05. The van der Waals surface area contributed by atoms with E-state index in [-0.39, 0.29) is 17.6 Å². The van der Waals surface area contributed by atoms with Crippen LogP contribution in [0.15, 0.2) is 60.7 Å². The average molecular weight is 473 g/mol. The first-order valence-corrected chi connectivity index (χ1v) is 11.8. The Kier molecular flexibility index (Phi) is 10.4. The number of methoxy groups -OCH3 is 1. The van der Waals surface area contributed by atoms with Crippen molar-refractivity contribution in [1.82, 2.24) is 10.6 Å². The Balaban J connectivity index is 2.08. The van der Waals surface area contributed by atoms with E-state index in [1.54, 1.807) is 45.0 Å². The van der Waals surface area contributed by atoms with E-state index in [0.717, 1.165) is 5.56 Å². The topological polar surface area (TPSA) is 93.7 Å². The summed E-state index contributed by atoms with van der Waals surface area (Å²) in [4.78, 5) is 37.2. The molecule has 0 saturated heterocycles. The lowest BCUT2D eigenvalue weighted by atomic mass is 10.0. The number of ether oxygens (including phenoxy) is 2. The van der Waals surface area contributed by atoms with E-state index in [9.17, 15) is 14.4 Å². The molecule has 1 amide bonds. The summed E-state index contributed by atoms with van der Waals surface area (Å²) in [7, 11) is 1.33. The number of benzene rings is 2. The van der Waals surface area contributed by atoms with Crippen molar-refractivity contribution < 1.29 is 23.9 Å². The summed E-state index contributed by atoms with van der Waals surface area (Å²) in [6.45, 7) is 5.76. The van der Waals surface area contributed by atoms with Gasteiger partial charge >= 0.3 is 12.1 Å². The lowest BCUT2D eigenvalue weighted by Gasteiger charge is -2.26. The van der Waals surface area contributed by atoms with Crippen molar-refractivity contribution in [2.24, 2.45) is 0 Å². The third kappa shape index (κ3) is 9.27. The van der Waals surface area contributed by atoms with Gasteiger partial charge in [-0.1, -0.05) is 60.7 Å². The molecular formula is C25H32N2O5S. The largest absolute Gasteiger partial charge is 0.468 e. The van der Waals surface area contributed by atoms with E-state index in [0.29, 0.717) is 17.9 Å². The molecule has 7 nitrogen and oxygen atoms in total. The number of rotatable bonds is 11. The molecule has 2 aromatic rings. The van der Waals surface area contributed by atoms with Crippen LogP contribution in [0.1, 0.15) is 41.9 Å². The quantitative estimate of drug-likeness (QED) is 0.290. The molecule has 2 aromatic carbocycles. The average Bonchev–Trinajstić information content (AvgIpc) is 2.80. The van der Waals surface area contributed by atoms with Gasteiger partial charge < -0.3 is 14.8 Å². The van der Waals surface area contributed by atoms with Crippen LogP contribution in [-0.4, -0.2) is 55.4 Å². The lowest BCUT2D eigenvalue weighted by molar-refractivity contribution is -0.143. The molecule has 0 spiro atoms. The van der Waals surface area contributed by atoms with Crippen molar-refractivity contribution in [3.8, 4) is 0 Å². The van der Waals surface area contributed by atoms with Crippen LogP contribution in [0.4, 0.5) is 4.79 Å². The fourth-order valence-corrected chi connectivity index (χ4v) is 4.27. The maximum absolute atomic E-state index is 12.7. The van der Waals surface area contributed by atoms with Crippen LogP contribution >= 0.6 is 11.8 Å². The van der Waals surface area contributed by atoms with Gasteiger partial charge in [-0.25, -0.2) is 4.79 Å². The first-order chi connectivity index (χ1) is 15.7. The minimum absolute atomic E-state index is 0.0101. The second-order valence-electron chi connectivity index (χ2n) is 8.30. The second-order valence-corrected chi connectivity index (χ2v) is 9.55. The predicted octanol–water partition coefficient (Wildman–Crippen LogP) is 4.00. The Morgan fingerprint density at radius 3 is 2.15 bits per heavy atom. The zero-order valence-electron chi connectivity index (χ0n) is 19.5. The molecule has 2 unspecified atom stereocenters. The summed E-state index contributed by atoms with van der Waals surface area (Å²) in [5.74, 6) is -0.0501. The lowest BCUT2D eigenvalue weighted by Crippen LogP contribution is -2.44. The van der Waals surface area contributed by atoms with Gasteiger partial charge in [0, 0.05) is 17.9 Å². The smallest absolute Gasteiger partial charge is 0.407 e. The zero-order valence-corrected chi connectivity index (χ0v) is 20.3. The number of ketones is 1. The first kappa shape index (κ1) is 26.4. The summed E-state index contributed by atoms with van der Waals surface area (Å²) < 4.78 is 10.3. The van der Waals surface area contributed by atoms with Crippen LogP contribution in [-0.2, 0) is 14.3 Å². The summed E-state index contributed by atoms with van der Waals surface area (Å²) in [5, 5.41) is 5.49. The van der Waals surface area contributed by atoms with Crippen LogP contribution in [0.5, 0.6) is 0 Å². The van der Waals surface area contributed by atoms with Crippen molar-refractivity contribution in [2.45, 2.75) is 37.7 Å². The van der Waals surface area contributed by atoms with Gasteiger partial charge in [0.1, 0.15) is 11.6 Å². The zero-order chi connectivity index (χ0) is 24.3. The van der Waals surface area contributed by atoms with Gasteiger partial charge in [0.05, 0.1) is 18.9 Å². The van der Waals surface area contributed by atoms with Crippen LogP contribution in [0.25, 0.3) is 0 Å². The van der Waals surface area contributed by atoms with E-state index in [1.165, 1.54) is 18.9 Å². The minimum Gasteiger partial charge on any atom is -0.468 e. The van der Waals surface area contributed by atoms with E-state index >= 15 is 0 Å². The number of carbonyl (C=O) groups excluding carboxylic acids is 3. The number of thioether (sulfide) groups is 1. The molecule has 0 aliphatic heterocycles. The van der Waals surface area contributed by atoms with Crippen LogP contribution in [0.2, 0.25) is 0 Å². The number of alkyl carbamates (subject to hydrolysis) is 1. The molecule has 0 heterocycles. The number of hydrogen-bond acceptors (Lipinski definition) is 7. The van der Waals surface area contributed by atoms with Gasteiger partial charge in [-0.05, 0) is 26.3 Å². The van der Waals surface area contributed by atoms with E-state index in [1.807, 2.05) is 36.4 Å². The standard InChI is InChI=1S/C25H32N2O5S/c1-25(2,3)32-24(30)26-15-16-33-22(19-13-9-6-10-14-19)21(23(29)31-4)27-17-20(28)18-11-7-5-8-12-18/h5-14,21-22,27H,15-17H2,1-4H3,(H,26,30). The van der Waals surface area contributed by atoms with Gasteiger partial charge in [0.2, 0.25) is 0 Å². The van der Waals surface area contributed by atoms with E-state index in [4.69, 9.17) is 9.47 Å². The van der Waals surface area contributed by atoms with E-state index < -0.39 is 23.7 Å². The predicted molar refractivity (Wildman–Crippen MR) is 130 cm³/mol. The molecule has 0 bridgehead atoms. The fraction of sp³-hybridized carbons (Fsp3) is 0.400. The monoisotopic (exact) mass is 472 g/mol. The molecule has 0 aliphatic rings. The van der Waals surface area contributed by atoms with Crippen molar-refractivity contribution in [1.29, 1.82) is 0 Å². The Morgan fingerprint density at radius 2 is 1.58 bits per heavy atom. The van der Waals surface area contributed by atoms with Crippen molar-refractivity contribution >= 4 is 29.6 Å². The normalized spacial score (nSPS) is 13.0. The summed E-state index contributed by atoms with van der Waals surface area (Å²) in [6.07, 6.45) is -0.490. The Bertz CT molecular complexity index is 900. The minimum atomic E-state index is -0.753. The molecule has 0 fully saturated rings. The summed E-state index contributed by atoms with van der Waals surface area (Å²) in [6, 6.07) is 17.7. The van der Waals surface area contributed by atoms with Gasteiger partial charge in [0.15, 0.2) is 5.78 Å². The molecule has 0 radical (unpaired) electrons. The number of carbonyl (C=O) groups is 3. The van der Waals surface area contributed by atoms with Crippen molar-refractivity contribution in [2.75, 3.05) is 26.0 Å². The molecule has 0 aromatic heterocycles. The highest BCUT2D eigenvalue weighted by molar-refractivity contribution is 7.99. The van der Waals surface area contributed by atoms with E-state index in [2.05, 4.69) is 10.6 Å². The summed E-state index contributed by atoms with van der Waals surface area (Å²) in [5.41, 5.74) is 0.906. The molecule has 0 saturated carbocycles. The van der Waals surface area contributed by atoms with Gasteiger partial charge in [-0.2, -0.15) is 0 Å². The molecule has 0 aliphatic carbocycles. The number of hydrogen-bond donors (Lipinski definition) is 2. The van der Waals surface area contributed by atoms with Crippen molar-refractivity contribution in [3.63, 3.8) is 0 Å². The Hall–Kier alpha value is -2.84. The van der Waals surface area contributed by atoms with Crippen LogP contribution in [0.3, 0.4) is 0 Å². The number of esters is 1. The molecule has 2 rings (SSSR count). The third-order valence-corrected chi connectivity index (χ3v) is 5.88. The third-order valence-electron chi connectivity index (χ3n) is 4.53. The molecular weight excluding hydrogens is 440 g/mol. The molecule has 178 valence electrons. The first-order valence-electron chi connectivity index (χ1n) is 10.7. The second kappa shape index (κ2) is 13.0. The van der Waals surface area contributed by atoms with Gasteiger partial charge in [-0.15, -0.1) is 11.8 Å². The molecule has 2 N–H and O–H groups in total. The molecule has 2 atom stereocenters. The maximum Gasteiger partial charge on any atom is 0.407 e. The highest BCUT2D eigenvalue weighted by atomic mass is 32.2. The highest BCUT2D eigenvalue weighted by Crippen LogP contribution is 2.32. The number of Topliss-reactive ketones (excluding diaryl/α,β-unsaturated/α-hetero) is 1. The van der Waals surface area contributed by atoms with Crippen molar-refractivity contribution in [3.05, 3.63) is 71.8 Å². The highest BCUT2D eigenvalue weighted by Gasteiger charge is 2.31. The maximum atomic E-state index is 12.7. The van der Waals surface area contributed by atoms with Crippen LogP contribution < -0.4 is 10.6 Å². The number of nitrogens with one attached hydrogen (secondary N) is 2. The molecule has 33 heavy (non-hydrogen) atoms. The summed E-state index contributed by atoms with van der Waals surface area (Å²) >= 11 is 1.49. The van der Waals surface area contributed by atoms with Crippen LogP contribution in [0, 0.1) is 0 Å². The SMILES string of the molecule is COC(=O)C(NCC(=O)c1ccccc1)C(SCCNC(=O)OC(C)(C)C)c1ccccc1. The number of amides is 1. The van der Waals surface area contributed by atoms with Gasteiger partial charge in [-0.3, -0.25) is 14.9 Å². The molecule has 8 heteroatoms. The Labute approximate surface area is 199 Å². The Morgan fingerprint density at radius 1 is 0.970 bits per heavy atom. The van der Waals surface area contributed by atoms with Gasteiger partial charge in [0.25, 0.3) is 0 Å².